The van der Waals surface area contributed by atoms with Gasteiger partial charge in [0.05, 0.1) is 5.92 Å². The van der Waals surface area contributed by atoms with Gasteiger partial charge in [-0.1, -0.05) is 37.9 Å². The van der Waals surface area contributed by atoms with Gasteiger partial charge in [0.15, 0.2) is 0 Å². The Labute approximate surface area is 113 Å². The molecule has 1 atom stereocenters. The Balaban J connectivity index is 2.80. The molecule has 0 aliphatic heterocycles. The van der Waals surface area contributed by atoms with E-state index < -0.39 is 5.97 Å². The predicted octanol–water partition coefficient (Wildman–Crippen LogP) is 3.67. The van der Waals surface area contributed by atoms with Gasteiger partial charge in [-0.05, 0) is 24.6 Å². The zero-order valence-electron chi connectivity index (χ0n) is 10.9. The number of unbranched alkanes of at least 4 members (excludes halogenated alkanes) is 1. The van der Waals surface area contributed by atoms with Crippen LogP contribution in [0.15, 0.2) is 24.3 Å². The van der Waals surface area contributed by atoms with Crippen molar-refractivity contribution >= 4 is 23.3 Å². The summed E-state index contributed by atoms with van der Waals surface area (Å²) in [6.07, 6.45) is 2.12. The number of nitrogens with zero attached hydrogens (tertiary/aromatic N) is 1. The van der Waals surface area contributed by atoms with Crippen LogP contribution in [0, 0.1) is 5.92 Å². The van der Waals surface area contributed by atoms with E-state index in [9.17, 15) is 4.79 Å². The molecule has 0 saturated carbocycles. The maximum atomic E-state index is 11.0. The van der Waals surface area contributed by atoms with E-state index in [0.29, 0.717) is 11.6 Å². The van der Waals surface area contributed by atoms with Crippen LogP contribution in [0.25, 0.3) is 0 Å². The third-order valence-corrected chi connectivity index (χ3v) is 3.11. The molecule has 1 N–H and O–H groups in total. The molecular weight excluding hydrogens is 250 g/mol. The van der Waals surface area contributed by atoms with Gasteiger partial charge in [0.2, 0.25) is 0 Å². The van der Waals surface area contributed by atoms with E-state index in [0.717, 1.165) is 25.1 Å². The summed E-state index contributed by atoms with van der Waals surface area (Å²) in [6.45, 7) is 5.22. The Morgan fingerprint density at radius 3 is 2.78 bits per heavy atom. The highest BCUT2D eigenvalue weighted by Gasteiger charge is 2.16. The second-order valence-corrected chi connectivity index (χ2v) is 4.96. The zero-order chi connectivity index (χ0) is 13.5. The first-order chi connectivity index (χ1) is 8.54. The number of rotatable bonds is 7. The molecule has 1 aromatic carbocycles. The first-order valence-corrected chi connectivity index (χ1v) is 6.65. The Bertz CT molecular complexity index is 395. The van der Waals surface area contributed by atoms with E-state index in [2.05, 4.69) is 11.8 Å². The lowest BCUT2D eigenvalue weighted by Gasteiger charge is -2.26. The highest BCUT2D eigenvalue weighted by Crippen LogP contribution is 2.21. The van der Waals surface area contributed by atoms with E-state index in [-0.39, 0.29) is 5.92 Å². The minimum absolute atomic E-state index is 0.388. The van der Waals surface area contributed by atoms with E-state index in [1.54, 1.807) is 6.92 Å². The quantitative estimate of drug-likeness (QED) is 0.821. The van der Waals surface area contributed by atoms with Crippen molar-refractivity contribution in [2.24, 2.45) is 5.92 Å². The summed E-state index contributed by atoms with van der Waals surface area (Å²) < 4.78 is 0. The van der Waals surface area contributed by atoms with E-state index in [4.69, 9.17) is 16.7 Å². The molecule has 0 bridgehead atoms. The van der Waals surface area contributed by atoms with E-state index in [1.165, 1.54) is 0 Å². The van der Waals surface area contributed by atoms with Gasteiger partial charge in [-0.15, -0.1) is 0 Å². The van der Waals surface area contributed by atoms with Gasteiger partial charge in [-0.2, -0.15) is 0 Å². The molecular formula is C14H20ClNO2. The van der Waals surface area contributed by atoms with Crippen molar-refractivity contribution in [2.45, 2.75) is 26.7 Å². The Morgan fingerprint density at radius 2 is 2.22 bits per heavy atom. The fourth-order valence-corrected chi connectivity index (χ4v) is 1.94. The number of carboxylic acid groups (broad SMARTS) is 1. The van der Waals surface area contributed by atoms with Crippen molar-refractivity contribution in [1.82, 2.24) is 0 Å². The fourth-order valence-electron chi connectivity index (χ4n) is 1.76. The molecule has 4 heteroatoms. The number of halogens is 1. The molecule has 0 aromatic heterocycles. The minimum atomic E-state index is -0.765. The standard InChI is InChI=1S/C14H20ClNO2/c1-3-4-8-16(10-11(2)14(17)18)13-7-5-6-12(15)9-13/h5-7,9,11H,3-4,8,10H2,1-2H3,(H,17,18). The molecule has 0 saturated heterocycles. The Hall–Kier alpha value is -1.22. The number of carbonyl (C=O) groups is 1. The smallest absolute Gasteiger partial charge is 0.308 e. The molecule has 3 nitrogen and oxygen atoms in total. The second-order valence-electron chi connectivity index (χ2n) is 4.52. The normalized spacial score (nSPS) is 12.2. The van der Waals surface area contributed by atoms with Crippen molar-refractivity contribution in [3.8, 4) is 0 Å². The summed E-state index contributed by atoms with van der Waals surface area (Å²) in [5, 5.41) is 9.68. The van der Waals surface area contributed by atoms with Gasteiger partial charge in [-0.3, -0.25) is 4.79 Å². The van der Waals surface area contributed by atoms with Crippen LogP contribution < -0.4 is 4.90 Å². The van der Waals surface area contributed by atoms with Crippen molar-refractivity contribution in [1.29, 1.82) is 0 Å². The Kier molecular flexibility index (Phi) is 5.99. The highest BCUT2D eigenvalue weighted by molar-refractivity contribution is 6.30. The number of anilines is 1. The molecule has 1 unspecified atom stereocenters. The van der Waals surface area contributed by atoms with Gasteiger partial charge in [0.1, 0.15) is 0 Å². The van der Waals surface area contributed by atoms with Gasteiger partial charge in [0.25, 0.3) is 0 Å². The van der Waals surface area contributed by atoms with Crippen LogP contribution in [0.3, 0.4) is 0 Å². The molecule has 0 spiro atoms. The number of carboxylic acids is 1. The minimum Gasteiger partial charge on any atom is -0.481 e. The lowest BCUT2D eigenvalue weighted by Crippen LogP contribution is -2.32. The molecule has 0 radical (unpaired) electrons. The summed E-state index contributed by atoms with van der Waals surface area (Å²) >= 11 is 5.98. The number of hydrogen-bond acceptors (Lipinski definition) is 2. The summed E-state index contributed by atoms with van der Waals surface area (Å²) in [6, 6.07) is 7.56. The molecule has 18 heavy (non-hydrogen) atoms. The molecule has 0 aliphatic carbocycles. The van der Waals surface area contributed by atoms with Crippen molar-refractivity contribution in [3.63, 3.8) is 0 Å². The molecule has 1 rings (SSSR count). The molecule has 0 amide bonds. The predicted molar refractivity (Wildman–Crippen MR) is 75.4 cm³/mol. The lowest BCUT2D eigenvalue weighted by atomic mass is 10.1. The average Bonchev–Trinajstić information content (AvgIpc) is 2.34. The van der Waals surface area contributed by atoms with E-state index in [1.807, 2.05) is 24.3 Å². The first kappa shape index (κ1) is 14.8. The largest absolute Gasteiger partial charge is 0.481 e. The van der Waals surface area contributed by atoms with Crippen molar-refractivity contribution in [2.75, 3.05) is 18.0 Å². The van der Waals surface area contributed by atoms with Crippen LogP contribution >= 0.6 is 11.6 Å². The van der Waals surface area contributed by atoms with Gasteiger partial charge in [0, 0.05) is 23.8 Å². The van der Waals surface area contributed by atoms with Crippen LogP contribution in [0.2, 0.25) is 5.02 Å². The first-order valence-electron chi connectivity index (χ1n) is 6.28. The zero-order valence-corrected chi connectivity index (χ0v) is 11.7. The topological polar surface area (TPSA) is 40.5 Å². The van der Waals surface area contributed by atoms with Gasteiger partial charge in [-0.25, -0.2) is 0 Å². The lowest BCUT2D eigenvalue weighted by molar-refractivity contribution is -0.140. The summed E-state index contributed by atoms with van der Waals surface area (Å²) in [4.78, 5) is 13.0. The average molecular weight is 270 g/mol. The number of benzene rings is 1. The maximum Gasteiger partial charge on any atom is 0.308 e. The van der Waals surface area contributed by atoms with Crippen LogP contribution in [0.1, 0.15) is 26.7 Å². The maximum absolute atomic E-state index is 11.0. The SMILES string of the molecule is CCCCN(CC(C)C(=O)O)c1cccc(Cl)c1. The number of hydrogen-bond donors (Lipinski definition) is 1. The fraction of sp³-hybridized carbons (Fsp3) is 0.500. The van der Waals surface area contributed by atoms with Crippen LogP contribution in [0.4, 0.5) is 5.69 Å². The van der Waals surface area contributed by atoms with Gasteiger partial charge < -0.3 is 10.0 Å². The molecule has 1 aromatic rings. The molecule has 100 valence electrons. The van der Waals surface area contributed by atoms with Crippen molar-refractivity contribution in [3.05, 3.63) is 29.3 Å². The van der Waals surface area contributed by atoms with Gasteiger partial charge >= 0.3 is 5.97 Å². The summed E-state index contributed by atoms with van der Waals surface area (Å²) in [7, 11) is 0. The van der Waals surface area contributed by atoms with Crippen LogP contribution in [-0.4, -0.2) is 24.2 Å². The Morgan fingerprint density at radius 1 is 1.50 bits per heavy atom. The monoisotopic (exact) mass is 269 g/mol. The molecule has 0 aliphatic rings. The molecule has 0 fully saturated rings. The summed E-state index contributed by atoms with van der Waals surface area (Å²) in [5.41, 5.74) is 0.990. The van der Waals surface area contributed by atoms with Crippen molar-refractivity contribution < 1.29 is 9.90 Å². The third kappa shape index (κ3) is 4.57. The van der Waals surface area contributed by atoms with Crippen LogP contribution in [-0.2, 0) is 4.79 Å². The van der Waals surface area contributed by atoms with E-state index >= 15 is 0 Å². The number of aliphatic carboxylic acids is 1. The highest BCUT2D eigenvalue weighted by atomic mass is 35.5. The second kappa shape index (κ2) is 7.27. The van der Waals surface area contributed by atoms with Crippen LogP contribution in [0.5, 0.6) is 0 Å². The molecule has 0 heterocycles. The summed E-state index contributed by atoms with van der Waals surface area (Å²) in [5.74, 6) is -1.15. The third-order valence-electron chi connectivity index (χ3n) is 2.87.